The molecule has 0 unspecified atom stereocenters. The molecule has 0 radical (unpaired) electrons. The summed E-state index contributed by atoms with van der Waals surface area (Å²) >= 11 is 5.80. The van der Waals surface area contributed by atoms with Crippen LogP contribution in [0.3, 0.4) is 0 Å². The van der Waals surface area contributed by atoms with Crippen molar-refractivity contribution in [3.63, 3.8) is 0 Å². The first-order valence-electron chi connectivity index (χ1n) is 6.59. The van der Waals surface area contributed by atoms with Crippen LogP contribution < -0.4 is 15.2 Å². The van der Waals surface area contributed by atoms with E-state index < -0.39 is 5.97 Å². The van der Waals surface area contributed by atoms with E-state index in [9.17, 15) is 4.79 Å². The van der Waals surface area contributed by atoms with Gasteiger partial charge in [0.05, 0.1) is 23.4 Å². The minimum atomic E-state index is -0.471. The molecule has 6 heteroatoms. The number of esters is 1. The molecule has 2 aromatic rings. The molecule has 0 spiro atoms. The van der Waals surface area contributed by atoms with E-state index in [0.717, 1.165) is 5.75 Å². The molecule has 0 aliphatic carbocycles. The summed E-state index contributed by atoms with van der Waals surface area (Å²) < 4.78 is 15.6. The summed E-state index contributed by atoms with van der Waals surface area (Å²) in [6.45, 7) is 0.383. The normalized spacial score (nSPS) is 10.1. The van der Waals surface area contributed by atoms with Crippen LogP contribution in [0.2, 0.25) is 5.02 Å². The van der Waals surface area contributed by atoms with Gasteiger partial charge in [0, 0.05) is 0 Å². The average molecular weight is 322 g/mol. The zero-order valence-electron chi connectivity index (χ0n) is 12.0. The highest BCUT2D eigenvalue weighted by molar-refractivity contribution is 6.33. The van der Waals surface area contributed by atoms with Gasteiger partial charge < -0.3 is 19.9 Å². The lowest BCUT2D eigenvalue weighted by Gasteiger charge is -2.08. The summed E-state index contributed by atoms with van der Waals surface area (Å²) in [7, 11) is 1.60. The molecule has 22 heavy (non-hydrogen) atoms. The number of carbonyl (C=O) groups is 1. The molecule has 0 saturated carbocycles. The Morgan fingerprint density at radius 1 is 1.09 bits per heavy atom. The maximum absolute atomic E-state index is 11.8. The molecule has 0 bridgehead atoms. The first kappa shape index (κ1) is 16.0. The van der Waals surface area contributed by atoms with Gasteiger partial charge in [-0.1, -0.05) is 11.6 Å². The number of benzene rings is 2. The Hall–Kier alpha value is -2.40. The van der Waals surface area contributed by atoms with Crippen LogP contribution in [0.1, 0.15) is 10.4 Å². The van der Waals surface area contributed by atoms with Gasteiger partial charge in [-0.05, 0) is 42.5 Å². The molecule has 5 nitrogen and oxygen atoms in total. The average Bonchev–Trinajstić information content (AvgIpc) is 2.54. The Morgan fingerprint density at radius 2 is 1.77 bits per heavy atom. The van der Waals surface area contributed by atoms with Crippen LogP contribution in [0.25, 0.3) is 0 Å². The second kappa shape index (κ2) is 7.56. The quantitative estimate of drug-likeness (QED) is 0.502. The van der Waals surface area contributed by atoms with Crippen LogP contribution in [-0.2, 0) is 4.74 Å². The van der Waals surface area contributed by atoms with Gasteiger partial charge in [-0.25, -0.2) is 4.79 Å². The molecule has 0 fully saturated rings. The predicted molar refractivity (Wildman–Crippen MR) is 84.6 cm³/mol. The highest BCUT2D eigenvalue weighted by Gasteiger charge is 2.09. The summed E-state index contributed by atoms with van der Waals surface area (Å²) in [6.07, 6.45) is 0. The maximum Gasteiger partial charge on any atom is 0.338 e. The molecule has 2 rings (SSSR count). The molecule has 0 aromatic heterocycles. The predicted octanol–water partition coefficient (Wildman–Crippen LogP) is 3.17. The maximum atomic E-state index is 11.8. The molecule has 0 saturated heterocycles. The first-order valence-corrected chi connectivity index (χ1v) is 6.97. The van der Waals surface area contributed by atoms with Gasteiger partial charge in [-0.2, -0.15) is 0 Å². The van der Waals surface area contributed by atoms with E-state index in [1.807, 2.05) is 0 Å². The van der Waals surface area contributed by atoms with Gasteiger partial charge in [0.25, 0.3) is 0 Å². The Morgan fingerprint density at radius 3 is 2.41 bits per heavy atom. The number of methoxy groups -OCH3 is 1. The molecular weight excluding hydrogens is 306 g/mol. The monoisotopic (exact) mass is 321 g/mol. The van der Waals surface area contributed by atoms with Gasteiger partial charge in [-0.15, -0.1) is 0 Å². The summed E-state index contributed by atoms with van der Waals surface area (Å²) in [5.41, 5.74) is 6.33. The van der Waals surface area contributed by atoms with Gasteiger partial charge in [0.15, 0.2) is 0 Å². The number of halogens is 1. The van der Waals surface area contributed by atoms with Gasteiger partial charge in [-0.3, -0.25) is 0 Å². The number of ether oxygens (including phenoxy) is 3. The zero-order chi connectivity index (χ0) is 15.9. The lowest BCUT2D eigenvalue weighted by atomic mass is 10.2. The second-order valence-electron chi connectivity index (χ2n) is 4.40. The number of rotatable bonds is 6. The fourth-order valence-corrected chi connectivity index (χ4v) is 1.84. The van der Waals surface area contributed by atoms with Crippen molar-refractivity contribution < 1.29 is 19.0 Å². The molecule has 0 heterocycles. The van der Waals surface area contributed by atoms with E-state index in [0.29, 0.717) is 22.0 Å². The lowest BCUT2D eigenvalue weighted by Crippen LogP contribution is -2.12. The van der Waals surface area contributed by atoms with Crippen molar-refractivity contribution in [2.24, 2.45) is 0 Å². The minimum absolute atomic E-state index is 0.132. The number of nitrogens with two attached hydrogens (primary N) is 1. The minimum Gasteiger partial charge on any atom is -0.497 e. The third kappa shape index (κ3) is 4.30. The van der Waals surface area contributed by atoms with Crippen molar-refractivity contribution in [1.82, 2.24) is 0 Å². The third-order valence-corrected chi connectivity index (χ3v) is 3.22. The van der Waals surface area contributed by atoms with E-state index >= 15 is 0 Å². The summed E-state index contributed by atoms with van der Waals surface area (Å²) in [6, 6.07) is 11.7. The van der Waals surface area contributed by atoms with Gasteiger partial charge in [0.1, 0.15) is 24.7 Å². The van der Waals surface area contributed by atoms with Gasteiger partial charge in [0.2, 0.25) is 0 Å². The molecule has 2 N–H and O–H groups in total. The standard InChI is InChI=1S/C16H16ClNO4/c1-20-12-3-5-13(6-4-12)21-8-9-22-16(19)11-2-7-14(17)15(18)10-11/h2-7,10H,8-9,18H2,1H3. The van der Waals surface area contributed by atoms with Crippen molar-refractivity contribution in [2.45, 2.75) is 0 Å². The van der Waals surface area contributed by atoms with E-state index in [4.69, 9.17) is 31.5 Å². The number of anilines is 1. The number of hydrogen-bond acceptors (Lipinski definition) is 5. The van der Waals surface area contributed by atoms with Crippen molar-refractivity contribution in [1.29, 1.82) is 0 Å². The zero-order valence-corrected chi connectivity index (χ0v) is 12.8. The highest BCUT2D eigenvalue weighted by atomic mass is 35.5. The molecule has 0 atom stereocenters. The lowest BCUT2D eigenvalue weighted by molar-refractivity contribution is 0.0450. The molecular formula is C16H16ClNO4. The van der Waals surface area contributed by atoms with E-state index in [2.05, 4.69) is 0 Å². The topological polar surface area (TPSA) is 70.8 Å². The number of hydrogen-bond donors (Lipinski definition) is 1. The Bertz CT molecular complexity index is 643. The molecule has 116 valence electrons. The van der Waals surface area contributed by atoms with Crippen LogP contribution in [0, 0.1) is 0 Å². The molecule has 0 aliphatic rings. The highest BCUT2D eigenvalue weighted by Crippen LogP contribution is 2.20. The molecule has 0 aliphatic heterocycles. The second-order valence-corrected chi connectivity index (χ2v) is 4.80. The van der Waals surface area contributed by atoms with Crippen LogP contribution in [0.5, 0.6) is 11.5 Å². The van der Waals surface area contributed by atoms with E-state index in [1.165, 1.54) is 6.07 Å². The van der Waals surface area contributed by atoms with E-state index in [-0.39, 0.29) is 13.2 Å². The van der Waals surface area contributed by atoms with Crippen molar-refractivity contribution in [2.75, 3.05) is 26.1 Å². The molecule has 2 aromatic carbocycles. The van der Waals surface area contributed by atoms with Crippen LogP contribution >= 0.6 is 11.6 Å². The van der Waals surface area contributed by atoms with Crippen molar-refractivity contribution in [3.8, 4) is 11.5 Å². The Kier molecular flexibility index (Phi) is 5.49. The van der Waals surface area contributed by atoms with Crippen molar-refractivity contribution in [3.05, 3.63) is 53.1 Å². The van der Waals surface area contributed by atoms with Crippen LogP contribution in [0.15, 0.2) is 42.5 Å². The smallest absolute Gasteiger partial charge is 0.338 e. The summed E-state index contributed by atoms with van der Waals surface area (Å²) in [4.78, 5) is 11.8. The summed E-state index contributed by atoms with van der Waals surface area (Å²) in [5, 5.41) is 0.402. The fourth-order valence-electron chi connectivity index (χ4n) is 1.72. The number of carbonyl (C=O) groups excluding carboxylic acids is 1. The van der Waals surface area contributed by atoms with Crippen molar-refractivity contribution >= 4 is 23.3 Å². The fraction of sp³-hybridized carbons (Fsp3) is 0.188. The largest absolute Gasteiger partial charge is 0.497 e. The first-order chi connectivity index (χ1) is 10.6. The third-order valence-electron chi connectivity index (χ3n) is 2.88. The molecule has 0 amide bonds. The SMILES string of the molecule is COc1ccc(OCCOC(=O)c2ccc(Cl)c(N)c2)cc1. The van der Waals surface area contributed by atoms with E-state index in [1.54, 1.807) is 43.5 Å². The van der Waals surface area contributed by atoms with Gasteiger partial charge >= 0.3 is 5.97 Å². The Labute approximate surface area is 133 Å². The van der Waals surface area contributed by atoms with Crippen LogP contribution in [0.4, 0.5) is 5.69 Å². The van der Waals surface area contributed by atoms with Crippen LogP contribution in [-0.4, -0.2) is 26.3 Å². The summed E-state index contributed by atoms with van der Waals surface area (Å²) in [5.74, 6) is 0.952. The number of nitrogen functional groups attached to an aromatic ring is 1. The Balaban J connectivity index is 1.77.